The van der Waals surface area contributed by atoms with Crippen molar-refractivity contribution in [1.29, 1.82) is 0 Å². The lowest BCUT2D eigenvalue weighted by Gasteiger charge is -2.40. The second-order valence-electron chi connectivity index (χ2n) is 7.18. The first-order valence-electron chi connectivity index (χ1n) is 9.68. The highest BCUT2D eigenvalue weighted by atomic mass is 127. The fourth-order valence-electron chi connectivity index (χ4n) is 3.96. The van der Waals surface area contributed by atoms with Gasteiger partial charge in [0.1, 0.15) is 0 Å². The fourth-order valence-corrected chi connectivity index (χ4v) is 4.16. The van der Waals surface area contributed by atoms with Crippen molar-refractivity contribution in [2.75, 3.05) is 33.7 Å². The van der Waals surface area contributed by atoms with Crippen LogP contribution in [0.15, 0.2) is 53.8 Å². The van der Waals surface area contributed by atoms with E-state index < -0.39 is 0 Å². The van der Waals surface area contributed by atoms with E-state index in [9.17, 15) is 0 Å². The maximum Gasteiger partial charge on any atom is 0.191 e. The Labute approximate surface area is 190 Å². The molecular formula is C21H31ClIN5. The lowest BCUT2D eigenvalue weighted by atomic mass is 9.85. The van der Waals surface area contributed by atoms with Crippen molar-refractivity contribution in [3.63, 3.8) is 0 Å². The fraction of sp³-hybridized carbons (Fsp3) is 0.476. The molecule has 1 aromatic carbocycles. The first kappa shape index (κ1) is 23.0. The van der Waals surface area contributed by atoms with Gasteiger partial charge in [0.15, 0.2) is 5.96 Å². The molecule has 0 aliphatic carbocycles. The van der Waals surface area contributed by atoms with Crippen LogP contribution in [0.5, 0.6) is 0 Å². The van der Waals surface area contributed by atoms with Gasteiger partial charge >= 0.3 is 0 Å². The quantitative estimate of drug-likeness (QED) is 0.347. The van der Waals surface area contributed by atoms with Gasteiger partial charge in [-0.15, -0.1) is 24.0 Å². The number of piperidine rings is 1. The van der Waals surface area contributed by atoms with Crippen molar-refractivity contribution in [3.8, 4) is 0 Å². The van der Waals surface area contributed by atoms with Gasteiger partial charge in [-0.1, -0.05) is 23.7 Å². The molecule has 28 heavy (non-hydrogen) atoms. The lowest BCUT2D eigenvalue weighted by Crippen LogP contribution is -2.45. The van der Waals surface area contributed by atoms with E-state index in [1.807, 2.05) is 31.3 Å². The number of rotatable bonds is 6. The number of hydrogen-bond donors (Lipinski definition) is 2. The van der Waals surface area contributed by atoms with Crippen LogP contribution < -0.4 is 10.6 Å². The summed E-state index contributed by atoms with van der Waals surface area (Å²) in [6.45, 7) is 3.78. The molecule has 7 heteroatoms. The van der Waals surface area contributed by atoms with Gasteiger partial charge in [0, 0.05) is 50.1 Å². The zero-order valence-corrected chi connectivity index (χ0v) is 19.7. The first-order chi connectivity index (χ1) is 13.2. The first-order valence-corrected chi connectivity index (χ1v) is 10.1. The number of hydrogen-bond acceptors (Lipinski definition) is 2. The predicted octanol–water partition coefficient (Wildman–Crippen LogP) is 4.01. The third kappa shape index (κ3) is 6.39. The second kappa shape index (κ2) is 11.7. The Morgan fingerprint density at radius 2 is 2.00 bits per heavy atom. The summed E-state index contributed by atoms with van der Waals surface area (Å²) in [5.74, 6) is 1.38. The third-order valence-corrected chi connectivity index (χ3v) is 5.52. The van der Waals surface area contributed by atoms with E-state index in [4.69, 9.17) is 11.6 Å². The number of benzene rings is 1. The minimum atomic E-state index is 0. The molecule has 2 atom stereocenters. The molecule has 0 spiro atoms. The highest BCUT2D eigenvalue weighted by Crippen LogP contribution is 2.35. The van der Waals surface area contributed by atoms with Crippen LogP contribution in [0.3, 0.4) is 0 Å². The molecule has 1 saturated heterocycles. The number of aromatic nitrogens is 1. The van der Waals surface area contributed by atoms with Crippen LogP contribution in [-0.2, 0) is 6.54 Å². The normalized spacial score (nSPS) is 20.5. The molecule has 0 saturated carbocycles. The minimum absolute atomic E-state index is 0. The van der Waals surface area contributed by atoms with E-state index in [1.165, 1.54) is 18.4 Å². The van der Waals surface area contributed by atoms with Gasteiger partial charge in [0.05, 0.1) is 0 Å². The molecule has 1 fully saturated rings. The van der Waals surface area contributed by atoms with E-state index >= 15 is 0 Å². The van der Waals surface area contributed by atoms with Crippen molar-refractivity contribution >= 4 is 41.5 Å². The van der Waals surface area contributed by atoms with Crippen LogP contribution in [0.4, 0.5) is 0 Å². The number of guanidine groups is 1. The molecule has 1 aliphatic rings. The summed E-state index contributed by atoms with van der Waals surface area (Å²) in [6, 6.07) is 12.7. The van der Waals surface area contributed by atoms with E-state index in [2.05, 4.69) is 56.7 Å². The molecule has 2 heterocycles. The molecule has 1 aromatic heterocycles. The maximum absolute atomic E-state index is 6.24. The molecular weight excluding hydrogens is 485 g/mol. The van der Waals surface area contributed by atoms with E-state index in [0.717, 1.165) is 37.2 Å². The van der Waals surface area contributed by atoms with Crippen molar-refractivity contribution < 1.29 is 0 Å². The zero-order chi connectivity index (χ0) is 19.1. The van der Waals surface area contributed by atoms with E-state index in [0.29, 0.717) is 12.0 Å². The highest BCUT2D eigenvalue weighted by Gasteiger charge is 2.30. The largest absolute Gasteiger partial charge is 0.356 e. The Hall–Kier alpha value is -1.25. The van der Waals surface area contributed by atoms with Gasteiger partial charge in [-0.2, -0.15) is 0 Å². The maximum atomic E-state index is 6.24. The number of halogens is 2. The molecule has 2 unspecified atom stereocenters. The molecule has 0 radical (unpaired) electrons. The number of likely N-dealkylation sites (tertiary alicyclic amines) is 1. The summed E-state index contributed by atoms with van der Waals surface area (Å²) in [5.41, 5.74) is 1.30. The van der Waals surface area contributed by atoms with Gasteiger partial charge in [-0.25, -0.2) is 0 Å². The van der Waals surface area contributed by atoms with Gasteiger partial charge in [0.2, 0.25) is 0 Å². The number of nitrogens with zero attached hydrogens (tertiary/aromatic N) is 3. The SMILES string of the molecule is CN=C(NCCn1cccc1)NCC1CCCN(C)C1c1cccc(Cl)c1.I. The van der Waals surface area contributed by atoms with Gasteiger partial charge < -0.3 is 15.2 Å². The summed E-state index contributed by atoms with van der Waals surface area (Å²) in [7, 11) is 4.04. The summed E-state index contributed by atoms with van der Waals surface area (Å²) in [6.07, 6.45) is 6.57. The number of aliphatic imine (C=N–C) groups is 1. The number of nitrogens with one attached hydrogen (secondary N) is 2. The van der Waals surface area contributed by atoms with Crippen LogP contribution in [-0.4, -0.2) is 49.2 Å². The van der Waals surface area contributed by atoms with Crippen LogP contribution in [0, 0.1) is 5.92 Å². The summed E-state index contributed by atoms with van der Waals surface area (Å²) < 4.78 is 2.16. The van der Waals surface area contributed by atoms with Gasteiger partial charge in [0.25, 0.3) is 0 Å². The average Bonchev–Trinajstić information content (AvgIpc) is 3.18. The van der Waals surface area contributed by atoms with Crippen LogP contribution in [0.25, 0.3) is 0 Å². The molecule has 154 valence electrons. The molecule has 1 aliphatic heterocycles. The minimum Gasteiger partial charge on any atom is -0.356 e. The van der Waals surface area contributed by atoms with E-state index in [-0.39, 0.29) is 24.0 Å². The smallest absolute Gasteiger partial charge is 0.191 e. The second-order valence-corrected chi connectivity index (χ2v) is 7.62. The van der Waals surface area contributed by atoms with Crippen molar-refractivity contribution in [2.45, 2.75) is 25.4 Å². The molecule has 3 rings (SSSR count). The third-order valence-electron chi connectivity index (χ3n) is 5.28. The molecule has 5 nitrogen and oxygen atoms in total. The topological polar surface area (TPSA) is 44.6 Å². The monoisotopic (exact) mass is 515 g/mol. The predicted molar refractivity (Wildman–Crippen MR) is 129 cm³/mol. The summed E-state index contributed by atoms with van der Waals surface area (Å²) in [4.78, 5) is 6.82. The Morgan fingerprint density at radius 1 is 1.21 bits per heavy atom. The van der Waals surface area contributed by atoms with Crippen molar-refractivity contribution in [2.24, 2.45) is 10.9 Å². The van der Waals surface area contributed by atoms with E-state index in [1.54, 1.807) is 0 Å². The summed E-state index contributed by atoms with van der Waals surface area (Å²) >= 11 is 6.24. The standard InChI is InChI=1S/C21H30ClN5.HI/c1-23-21(24-10-14-27-12-3-4-13-27)25-16-18-8-6-11-26(2)20(18)17-7-5-9-19(22)15-17;/h3-5,7,9,12-13,15,18,20H,6,8,10-11,14,16H2,1-2H3,(H2,23,24,25);1H. The molecule has 2 N–H and O–H groups in total. The molecule has 0 amide bonds. The van der Waals surface area contributed by atoms with Gasteiger partial charge in [-0.3, -0.25) is 9.89 Å². The molecule has 2 aromatic rings. The van der Waals surface area contributed by atoms with Crippen molar-refractivity contribution in [1.82, 2.24) is 20.1 Å². The lowest BCUT2D eigenvalue weighted by molar-refractivity contribution is 0.122. The highest BCUT2D eigenvalue weighted by molar-refractivity contribution is 14.0. The Balaban J connectivity index is 0.00000280. The van der Waals surface area contributed by atoms with Gasteiger partial charge in [-0.05, 0) is 62.2 Å². The van der Waals surface area contributed by atoms with Crippen LogP contribution in [0.2, 0.25) is 5.02 Å². The zero-order valence-electron chi connectivity index (χ0n) is 16.6. The van der Waals surface area contributed by atoms with Crippen molar-refractivity contribution in [3.05, 3.63) is 59.4 Å². The van der Waals surface area contributed by atoms with Crippen LogP contribution >= 0.6 is 35.6 Å². The van der Waals surface area contributed by atoms with Crippen LogP contribution in [0.1, 0.15) is 24.4 Å². The average molecular weight is 516 g/mol. The summed E-state index contributed by atoms with van der Waals surface area (Å²) in [5, 5.41) is 7.74. The Bertz CT molecular complexity index is 734. The Kier molecular flexibility index (Phi) is 9.61. The Morgan fingerprint density at radius 3 is 2.71 bits per heavy atom. The molecule has 0 bridgehead atoms.